The van der Waals surface area contributed by atoms with E-state index < -0.39 is 16.2 Å². The Morgan fingerprint density at radius 2 is 2.18 bits per heavy atom. The van der Waals surface area contributed by atoms with Crippen molar-refractivity contribution in [2.45, 2.75) is 33.2 Å². The number of hydrogen-bond donors (Lipinski definition) is 3. The molecule has 0 rings (SSSR count). The normalized spacial score (nSPS) is 19.2. The number of hydrogen-bond acceptors (Lipinski definition) is 4. The molecule has 0 aliphatic carbocycles. The highest BCUT2D eigenvalue weighted by molar-refractivity contribution is 7.84. The van der Waals surface area contributed by atoms with Crippen LogP contribution >= 0.6 is 0 Å². The van der Waals surface area contributed by atoms with E-state index in [1.165, 1.54) is 0 Å². The van der Waals surface area contributed by atoms with Gasteiger partial charge in [-0.15, -0.1) is 0 Å². The molecule has 4 N–H and O–H groups in total. The lowest BCUT2D eigenvalue weighted by Crippen LogP contribution is -2.50. The van der Waals surface area contributed by atoms with Crippen molar-refractivity contribution < 1.29 is 14.2 Å². The minimum atomic E-state index is -1.04. The number of nitrogens with zero attached hydrogens (tertiary/aromatic N) is 1. The molecular weight excluding hydrogens is 242 g/mol. The predicted molar refractivity (Wildman–Crippen MR) is 68.3 cm³/mol. The molecule has 0 aromatic heterocycles. The lowest BCUT2D eigenvalue weighted by Gasteiger charge is -2.27. The largest absolute Gasteiger partial charge is 0.409 e. The third kappa shape index (κ3) is 4.33. The third-order valence-electron chi connectivity index (χ3n) is 2.74. The third-order valence-corrected chi connectivity index (χ3v) is 3.71. The van der Waals surface area contributed by atoms with Gasteiger partial charge in [0.1, 0.15) is 5.41 Å². The summed E-state index contributed by atoms with van der Waals surface area (Å²) in [6, 6.07) is -0.217. The number of nitrogens with one attached hydrogen (secondary N) is 1. The van der Waals surface area contributed by atoms with E-state index in [0.29, 0.717) is 12.2 Å². The molecule has 100 valence electrons. The molecule has 0 radical (unpaired) electrons. The van der Waals surface area contributed by atoms with Gasteiger partial charge in [0, 0.05) is 28.9 Å². The maximum atomic E-state index is 12.0. The lowest BCUT2D eigenvalue weighted by atomic mass is 9.85. The Kier molecular flexibility index (Phi) is 6.15. The maximum absolute atomic E-state index is 12.0. The second-order valence-corrected chi connectivity index (χ2v) is 5.76. The van der Waals surface area contributed by atoms with E-state index in [2.05, 4.69) is 10.5 Å². The van der Waals surface area contributed by atoms with Crippen molar-refractivity contribution >= 4 is 22.5 Å². The first kappa shape index (κ1) is 15.9. The second kappa shape index (κ2) is 6.58. The van der Waals surface area contributed by atoms with E-state index in [-0.39, 0.29) is 17.8 Å². The van der Waals surface area contributed by atoms with Gasteiger partial charge in [0.25, 0.3) is 0 Å². The van der Waals surface area contributed by atoms with Gasteiger partial charge in [-0.05, 0) is 20.3 Å². The molecule has 3 atom stereocenters. The Morgan fingerprint density at radius 1 is 1.65 bits per heavy atom. The van der Waals surface area contributed by atoms with Gasteiger partial charge in [0.05, 0.1) is 0 Å². The Balaban J connectivity index is 4.73. The van der Waals surface area contributed by atoms with Gasteiger partial charge in [0.2, 0.25) is 5.91 Å². The van der Waals surface area contributed by atoms with Gasteiger partial charge in [-0.3, -0.25) is 9.00 Å². The average Bonchev–Trinajstić information content (AvgIpc) is 2.25. The molecule has 0 saturated carbocycles. The fourth-order valence-electron chi connectivity index (χ4n) is 1.35. The molecule has 0 bridgehead atoms. The van der Waals surface area contributed by atoms with Gasteiger partial charge in [-0.1, -0.05) is 12.1 Å². The zero-order valence-corrected chi connectivity index (χ0v) is 11.5. The number of carbonyl (C=O) groups is 1. The van der Waals surface area contributed by atoms with Crippen LogP contribution in [-0.2, 0) is 15.6 Å². The number of nitrogens with two attached hydrogens (primary N) is 1. The molecule has 3 unspecified atom stereocenters. The van der Waals surface area contributed by atoms with Crippen LogP contribution in [0.2, 0.25) is 0 Å². The quantitative estimate of drug-likeness (QED) is 0.272. The summed E-state index contributed by atoms with van der Waals surface area (Å²) in [5.74, 6) is -0.0719. The molecule has 0 spiro atoms. The summed E-state index contributed by atoms with van der Waals surface area (Å²) < 4.78 is 11.0. The maximum Gasteiger partial charge on any atom is 0.233 e. The smallest absolute Gasteiger partial charge is 0.233 e. The summed E-state index contributed by atoms with van der Waals surface area (Å²) in [6.07, 6.45) is 1.99. The highest BCUT2D eigenvalue weighted by atomic mass is 32.2. The Bertz CT molecular complexity index is 333. The first-order valence-corrected chi connectivity index (χ1v) is 7.09. The summed E-state index contributed by atoms with van der Waals surface area (Å²) in [5, 5.41) is 14.3. The Hall–Kier alpha value is -1.11. The van der Waals surface area contributed by atoms with Gasteiger partial charge in [0.15, 0.2) is 5.84 Å². The number of oxime groups is 1. The molecule has 0 aliphatic heterocycles. The SMILES string of the molecule is CCC(C)(C(=O)NC(C)CS(C)=O)C(N)=NO. The van der Waals surface area contributed by atoms with Crippen molar-refractivity contribution in [3.8, 4) is 0 Å². The predicted octanol–water partition coefficient (Wildman–Crippen LogP) is 0.0323. The van der Waals surface area contributed by atoms with Crippen LogP contribution in [0.15, 0.2) is 5.16 Å². The molecule has 1 amide bonds. The first-order valence-electron chi connectivity index (χ1n) is 5.36. The highest BCUT2D eigenvalue weighted by Crippen LogP contribution is 2.21. The van der Waals surface area contributed by atoms with E-state index in [4.69, 9.17) is 10.9 Å². The molecule has 0 aromatic carbocycles. The van der Waals surface area contributed by atoms with Crippen molar-refractivity contribution in [3.63, 3.8) is 0 Å². The van der Waals surface area contributed by atoms with E-state index in [1.807, 2.05) is 0 Å². The average molecular weight is 263 g/mol. The van der Waals surface area contributed by atoms with Crippen LogP contribution in [0.3, 0.4) is 0 Å². The van der Waals surface area contributed by atoms with E-state index in [1.54, 1.807) is 27.0 Å². The van der Waals surface area contributed by atoms with Gasteiger partial charge >= 0.3 is 0 Å². The Morgan fingerprint density at radius 3 is 2.53 bits per heavy atom. The summed E-state index contributed by atoms with van der Waals surface area (Å²) in [7, 11) is -0.979. The van der Waals surface area contributed by atoms with Crippen LogP contribution in [0, 0.1) is 5.41 Å². The highest BCUT2D eigenvalue weighted by Gasteiger charge is 2.36. The van der Waals surface area contributed by atoms with Crippen LogP contribution in [0.25, 0.3) is 0 Å². The summed E-state index contributed by atoms with van der Waals surface area (Å²) in [6.45, 7) is 5.15. The van der Waals surface area contributed by atoms with Gasteiger partial charge in [-0.25, -0.2) is 0 Å². The van der Waals surface area contributed by atoms with E-state index >= 15 is 0 Å². The van der Waals surface area contributed by atoms with Crippen LogP contribution in [0.5, 0.6) is 0 Å². The minimum absolute atomic E-state index is 0.123. The van der Waals surface area contributed by atoms with Crippen molar-refractivity contribution in [3.05, 3.63) is 0 Å². The fourth-order valence-corrected chi connectivity index (χ4v) is 2.13. The molecule has 0 fully saturated rings. The van der Waals surface area contributed by atoms with Gasteiger partial charge in [-0.2, -0.15) is 0 Å². The number of carbonyl (C=O) groups excluding carboxylic acids is 1. The Labute approximate surface area is 104 Å². The molecule has 0 saturated heterocycles. The van der Waals surface area contributed by atoms with Gasteiger partial charge < -0.3 is 16.3 Å². The van der Waals surface area contributed by atoms with Crippen molar-refractivity contribution in [1.29, 1.82) is 0 Å². The monoisotopic (exact) mass is 263 g/mol. The standard InChI is InChI=1S/C10H21N3O3S/c1-5-10(3,8(11)13-15)9(14)12-7(2)6-17(4)16/h7,15H,5-6H2,1-4H3,(H2,11,13)(H,12,14). The topological polar surface area (TPSA) is 105 Å². The van der Waals surface area contributed by atoms with Crippen LogP contribution in [0.1, 0.15) is 27.2 Å². The van der Waals surface area contributed by atoms with Crippen molar-refractivity contribution in [1.82, 2.24) is 5.32 Å². The minimum Gasteiger partial charge on any atom is -0.409 e. The molecule has 0 heterocycles. The van der Waals surface area contributed by atoms with E-state index in [9.17, 15) is 9.00 Å². The molecule has 7 heteroatoms. The molecular formula is C10H21N3O3S. The van der Waals surface area contributed by atoms with Crippen molar-refractivity contribution in [2.75, 3.05) is 12.0 Å². The molecule has 6 nitrogen and oxygen atoms in total. The summed E-state index contributed by atoms with van der Waals surface area (Å²) in [4.78, 5) is 12.0. The van der Waals surface area contributed by atoms with E-state index in [0.717, 1.165) is 0 Å². The summed E-state index contributed by atoms with van der Waals surface area (Å²) in [5.41, 5.74) is 4.48. The fraction of sp³-hybridized carbons (Fsp3) is 0.800. The van der Waals surface area contributed by atoms with Crippen molar-refractivity contribution in [2.24, 2.45) is 16.3 Å². The number of amidine groups is 1. The number of rotatable bonds is 6. The zero-order chi connectivity index (χ0) is 13.6. The first-order chi connectivity index (χ1) is 7.77. The summed E-state index contributed by atoms with van der Waals surface area (Å²) >= 11 is 0. The zero-order valence-electron chi connectivity index (χ0n) is 10.7. The molecule has 0 aromatic rings. The lowest BCUT2D eigenvalue weighted by molar-refractivity contribution is -0.127. The van der Waals surface area contributed by atoms with Crippen LogP contribution in [-0.4, -0.2) is 39.2 Å². The molecule has 17 heavy (non-hydrogen) atoms. The second-order valence-electron chi connectivity index (χ2n) is 4.29. The van der Waals surface area contributed by atoms with Crippen LogP contribution in [0.4, 0.5) is 0 Å². The number of amides is 1. The molecule has 0 aliphatic rings. The van der Waals surface area contributed by atoms with Crippen LogP contribution < -0.4 is 11.1 Å².